The molecule has 116 valence electrons. The monoisotopic (exact) mass is 334 g/mol. The van der Waals surface area contributed by atoms with E-state index < -0.39 is 17.5 Å². The van der Waals surface area contributed by atoms with E-state index in [2.05, 4.69) is 10.5 Å². The molecule has 0 saturated carbocycles. The van der Waals surface area contributed by atoms with E-state index in [1.165, 1.54) is 42.6 Å². The van der Waals surface area contributed by atoms with Crippen LogP contribution in [-0.4, -0.2) is 11.1 Å². The molecule has 1 aromatic heterocycles. The van der Waals surface area contributed by atoms with Crippen molar-refractivity contribution in [2.75, 3.05) is 5.32 Å². The number of benzene rings is 2. The Labute approximate surface area is 134 Å². The molecule has 7 heteroatoms. The van der Waals surface area contributed by atoms with Gasteiger partial charge in [0.15, 0.2) is 5.76 Å². The predicted molar refractivity (Wildman–Crippen MR) is 81.3 cm³/mol. The Morgan fingerprint density at radius 1 is 1.13 bits per heavy atom. The first-order valence-corrected chi connectivity index (χ1v) is 6.89. The van der Waals surface area contributed by atoms with Crippen LogP contribution in [0.2, 0.25) is 5.02 Å². The molecule has 1 amide bonds. The van der Waals surface area contributed by atoms with Crippen LogP contribution >= 0.6 is 11.6 Å². The highest BCUT2D eigenvalue weighted by Crippen LogP contribution is 2.25. The second-order valence-electron chi connectivity index (χ2n) is 4.66. The molecule has 0 aliphatic rings. The summed E-state index contributed by atoms with van der Waals surface area (Å²) in [5, 5.41) is 6.06. The number of hydrogen-bond donors (Lipinski definition) is 1. The highest BCUT2D eigenvalue weighted by molar-refractivity contribution is 6.31. The van der Waals surface area contributed by atoms with E-state index in [0.29, 0.717) is 11.3 Å². The number of carbonyl (C=O) groups is 1. The fraction of sp³-hybridized carbons (Fsp3) is 0. The molecule has 0 fully saturated rings. The van der Waals surface area contributed by atoms with Gasteiger partial charge in [-0.15, -0.1) is 0 Å². The van der Waals surface area contributed by atoms with Crippen molar-refractivity contribution in [2.24, 2.45) is 0 Å². The van der Waals surface area contributed by atoms with Gasteiger partial charge in [-0.25, -0.2) is 8.78 Å². The molecule has 1 heterocycles. The maximum absolute atomic E-state index is 13.1. The number of aromatic nitrogens is 1. The summed E-state index contributed by atoms with van der Waals surface area (Å²) in [6, 6.07) is 9.26. The molecule has 23 heavy (non-hydrogen) atoms. The van der Waals surface area contributed by atoms with Crippen LogP contribution in [0.4, 0.5) is 14.5 Å². The Morgan fingerprint density at radius 3 is 2.57 bits per heavy atom. The molecule has 0 aliphatic carbocycles. The minimum absolute atomic E-state index is 0.105. The lowest BCUT2D eigenvalue weighted by Crippen LogP contribution is -2.12. The summed E-state index contributed by atoms with van der Waals surface area (Å²) >= 11 is 5.67. The van der Waals surface area contributed by atoms with E-state index >= 15 is 0 Å². The summed E-state index contributed by atoms with van der Waals surface area (Å²) in [4.78, 5) is 12.3. The van der Waals surface area contributed by atoms with Crippen LogP contribution < -0.4 is 5.32 Å². The molecule has 0 bridgehead atoms. The lowest BCUT2D eigenvalue weighted by atomic mass is 10.1. The predicted octanol–water partition coefficient (Wildman–Crippen LogP) is 4.53. The molecular weight excluding hydrogens is 326 g/mol. The minimum Gasteiger partial charge on any atom is -0.355 e. The molecule has 0 atom stereocenters. The van der Waals surface area contributed by atoms with Crippen molar-refractivity contribution in [1.29, 1.82) is 0 Å². The number of amides is 1. The van der Waals surface area contributed by atoms with Crippen LogP contribution in [0.1, 0.15) is 10.4 Å². The minimum atomic E-state index is -0.582. The average molecular weight is 335 g/mol. The van der Waals surface area contributed by atoms with Gasteiger partial charge in [-0.3, -0.25) is 4.79 Å². The number of carbonyl (C=O) groups excluding carboxylic acids is 1. The fourth-order valence-corrected chi connectivity index (χ4v) is 2.16. The summed E-state index contributed by atoms with van der Waals surface area (Å²) in [6.45, 7) is 0. The highest BCUT2D eigenvalue weighted by atomic mass is 35.5. The molecule has 0 aliphatic heterocycles. The van der Waals surface area contributed by atoms with E-state index in [-0.39, 0.29) is 16.3 Å². The molecule has 2 aromatic carbocycles. The molecule has 0 spiro atoms. The van der Waals surface area contributed by atoms with E-state index in [4.69, 9.17) is 16.1 Å². The lowest BCUT2D eigenvalue weighted by Gasteiger charge is -2.06. The van der Waals surface area contributed by atoms with Gasteiger partial charge in [-0.05, 0) is 42.5 Å². The van der Waals surface area contributed by atoms with Crippen molar-refractivity contribution in [3.63, 3.8) is 0 Å². The van der Waals surface area contributed by atoms with Gasteiger partial charge in [0.2, 0.25) is 0 Å². The van der Waals surface area contributed by atoms with Crippen molar-refractivity contribution in [2.45, 2.75) is 0 Å². The molecule has 0 saturated heterocycles. The Hall–Kier alpha value is -2.73. The topological polar surface area (TPSA) is 55.1 Å². The molecule has 0 unspecified atom stereocenters. The largest absolute Gasteiger partial charge is 0.355 e. The van der Waals surface area contributed by atoms with Gasteiger partial charge >= 0.3 is 0 Å². The number of nitrogens with zero attached hydrogens (tertiary/aromatic N) is 1. The van der Waals surface area contributed by atoms with Gasteiger partial charge in [0, 0.05) is 11.3 Å². The van der Waals surface area contributed by atoms with Crippen LogP contribution in [0.25, 0.3) is 11.3 Å². The van der Waals surface area contributed by atoms with Gasteiger partial charge in [0.25, 0.3) is 5.91 Å². The quantitative estimate of drug-likeness (QED) is 0.766. The third-order valence-electron chi connectivity index (χ3n) is 3.10. The number of halogens is 3. The lowest BCUT2D eigenvalue weighted by molar-refractivity contribution is 0.102. The highest BCUT2D eigenvalue weighted by Gasteiger charge is 2.18. The Bertz CT molecular complexity index is 863. The van der Waals surface area contributed by atoms with E-state index in [0.717, 1.165) is 6.07 Å². The fourth-order valence-electron chi connectivity index (χ4n) is 1.98. The third-order valence-corrected chi connectivity index (χ3v) is 3.39. The Kier molecular flexibility index (Phi) is 4.08. The van der Waals surface area contributed by atoms with Crippen molar-refractivity contribution in [3.05, 3.63) is 70.9 Å². The SMILES string of the molecule is O=C(Nc1ccc(F)c(Cl)c1)c1cnoc1-c1ccc(F)cc1. The first kappa shape index (κ1) is 15.2. The molecule has 3 rings (SSSR count). The molecular formula is C16H9ClF2N2O2. The zero-order chi connectivity index (χ0) is 16.4. The van der Waals surface area contributed by atoms with Crippen molar-refractivity contribution in [3.8, 4) is 11.3 Å². The summed E-state index contributed by atoms with van der Waals surface area (Å²) < 4.78 is 31.2. The van der Waals surface area contributed by atoms with E-state index in [1.54, 1.807) is 0 Å². The average Bonchev–Trinajstić information content (AvgIpc) is 3.01. The van der Waals surface area contributed by atoms with Gasteiger partial charge in [-0.2, -0.15) is 0 Å². The van der Waals surface area contributed by atoms with Crippen LogP contribution in [0.5, 0.6) is 0 Å². The Morgan fingerprint density at radius 2 is 1.87 bits per heavy atom. The number of anilines is 1. The normalized spacial score (nSPS) is 10.6. The summed E-state index contributed by atoms with van der Waals surface area (Å²) in [5.41, 5.74) is 0.996. The number of rotatable bonds is 3. The van der Waals surface area contributed by atoms with Crippen LogP contribution in [0, 0.1) is 11.6 Å². The summed E-state index contributed by atoms with van der Waals surface area (Å²) in [5.74, 6) is -1.29. The first-order chi connectivity index (χ1) is 11.0. The van der Waals surface area contributed by atoms with Crippen molar-refractivity contribution < 1.29 is 18.1 Å². The van der Waals surface area contributed by atoms with Crippen molar-refractivity contribution in [1.82, 2.24) is 5.16 Å². The molecule has 3 aromatic rings. The number of nitrogens with one attached hydrogen (secondary N) is 1. The molecule has 0 radical (unpaired) electrons. The maximum Gasteiger partial charge on any atom is 0.261 e. The smallest absolute Gasteiger partial charge is 0.261 e. The zero-order valence-corrected chi connectivity index (χ0v) is 12.3. The van der Waals surface area contributed by atoms with Crippen molar-refractivity contribution >= 4 is 23.2 Å². The van der Waals surface area contributed by atoms with E-state index in [9.17, 15) is 13.6 Å². The summed E-state index contributed by atoms with van der Waals surface area (Å²) in [7, 11) is 0. The van der Waals surface area contributed by atoms with Gasteiger partial charge in [0.05, 0.1) is 11.2 Å². The zero-order valence-electron chi connectivity index (χ0n) is 11.5. The summed E-state index contributed by atoms with van der Waals surface area (Å²) in [6.07, 6.45) is 1.25. The van der Waals surface area contributed by atoms with E-state index in [1.807, 2.05) is 0 Å². The van der Waals surface area contributed by atoms with Gasteiger partial charge in [0.1, 0.15) is 17.2 Å². The standard InChI is InChI=1S/C16H9ClF2N2O2/c17-13-7-11(5-6-14(13)19)21-16(22)12-8-20-23-15(12)9-1-3-10(18)4-2-9/h1-8H,(H,21,22). The molecule has 4 nitrogen and oxygen atoms in total. The second-order valence-corrected chi connectivity index (χ2v) is 5.07. The number of hydrogen-bond acceptors (Lipinski definition) is 3. The first-order valence-electron chi connectivity index (χ1n) is 6.51. The molecule has 1 N–H and O–H groups in total. The van der Waals surface area contributed by atoms with Gasteiger partial charge < -0.3 is 9.84 Å². The van der Waals surface area contributed by atoms with Crippen LogP contribution in [0.3, 0.4) is 0 Å². The third kappa shape index (κ3) is 3.22. The van der Waals surface area contributed by atoms with Crippen LogP contribution in [-0.2, 0) is 0 Å². The maximum atomic E-state index is 13.1. The second kappa shape index (κ2) is 6.18. The van der Waals surface area contributed by atoms with Crippen LogP contribution in [0.15, 0.2) is 53.2 Å². The van der Waals surface area contributed by atoms with Gasteiger partial charge in [-0.1, -0.05) is 16.8 Å². The Balaban J connectivity index is 1.87.